The van der Waals surface area contributed by atoms with Crippen LogP contribution in [0.5, 0.6) is 5.88 Å². The molecular formula is C18H23N5O3. The fourth-order valence-corrected chi connectivity index (χ4v) is 3.38. The Balaban J connectivity index is 1.70. The fourth-order valence-electron chi connectivity index (χ4n) is 3.38. The van der Waals surface area contributed by atoms with Crippen LogP contribution >= 0.6 is 0 Å². The summed E-state index contributed by atoms with van der Waals surface area (Å²) in [5.41, 5.74) is 0.938. The number of nitro groups is 1. The van der Waals surface area contributed by atoms with Crippen molar-refractivity contribution in [1.29, 1.82) is 0 Å². The van der Waals surface area contributed by atoms with Gasteiger partial charge in [0.1, 0.15) is 12.1 Å². The molecule has 3 rings (SSSR count). The summed E-state index contributed by atoms with van der Waals surface area (Å²) < 4.78 is 5.18. The van der Waals surface area contributed by atoms with Crippen LogP contribution in [0.15, 0.2) is 36.7 Å². The molecule has 1 unspecified atom stereocenters. The van der Waals surface area contributed by atoms with Gasteiger partial charge < -0.3 is 9.64 Å². The first-order valence-electron chi connectivity index (χ1n) is 8.62. The first-order valence-corrected chi connectivity index (χ1v) is 8.62. The van der Waals surface area contributed by atoms with Crippen molar-refractivity contribution in [2.75, 3.05) is 32.1 Å². The van der Waals surface area contributed by atoms with Gasteiger partial charge >= 0.3 is 0 Å². The quantitative estimate of drug-likeness (QED) is 0.580. The van der Waals surface area contributed by atoms with Gasteiger partial charge in [0.25, 0.3) is 5.69 Å². The van der Waals surface area contributed by atoms with E-state index >= 15 is 0 Å². The lowest BCUT2D eigenvalue weighted by Crippen LogP contribution is -2.46. The summed E-state index contributed by atoms with van der Waals surface area (Å²) in [6.07, 6.45) is 3.59. The van der Waals surface area contributed by atoms with Gasteiger partial charge in [0.15, 0.2) is 0 Å². The number of nitro benzene ring substituents is 1. The first-order chi connectivity index (χ1) is 12.6. The predicted molar refractivity (Wildman–Crippen MR) is 98.4 cm³/mol. The first kappa shape index (κ1) is 18.1. The van der Waals surface area contributed by atoms with Crippen LogP contribution in [0.2, 0.25) is 0 Å². The summed E-state index contributed by atoms with van der Waals surface area (Å²) >= 11 is 0. The summed E-state index contributed by atoms with van der Waals surface area (Å²) in [6.45, 7) is 2.34. The smallest absolute Gasteiger partial charge is 0.273 e. The number of hydrogen-bond donors (Lipinski definition) is 0. The van der Waals surface area contributed by atoms with E-state index in [1.807, 2.05) is 25.2 Å². The van der Waals surface area contributed by atoms with Gasteiger partial charge in [0, 0.05) is 43.9 Å². The maximum absolute atomic E-state index is 11.2. The van der Waals surface area contributed by atoms with Crippen LogP contribution < -0.4 is 9.64 Å². The second-order valence-electron chi connectivity index (χ2n) is 6.45. The van der Waals surface area contributed by atoms with Crippen molar-refractivity contribution in [3.05, 3.63) is 52.3 Å². The minimum absolute atomic E-state index is 0.184. The van der Waals surface area contributed by atoms with Crippen LogP contribution in [0.4, 0.5) is 11.5 Å². The van der Waals surface area contributed by atoms with Crippen molar-refractivity contribution in [3.63, 3.8) is 0 Å². The van der Waals surface area contributed by atoms with Gasteiger partial charge in [-0.05, 0) is 19.4 Å². The van der Waals surface area contributed by atoms with Crippen molar-refractivity contribution in [1.82, 2.24) is 14.9 Å². The molecule has 0 radical (unpaired) electrons. The molecule has 0 amide bonds. The second-order valence-corrected chi connectivity index (χ2v) is 6.45. The van der Waals surface area contributed by atoms with Crippen LogP contribution in [-0.4, -0.2) is 53.1 Å². The molecule has 2 aromatic rings. The predicted octanol–water partition coefficient (Wildman–Crippen LogP) is 2.49. The number of benzene rings is 1. The number of nitrogens with zero attached hydrogens (tertiary/aromatic N) is 5. The molecule has 1 aromatic heterocycles. The number of piperidine rings is 1. The Morgan fingerprint density at radius 3 is 2.96 bits per heavy atom. The monoisotopic (exact) mass is 357 g/mol. The number of hydrogen-bond acceptors (Lipinski definition) is 7. The van der Waals surface area contributed by atoms with Gasteiger partial charge in [-0.25, -0.2) is 9.97 Å². The third-order valence-electron chi connectivity index (χ3n) is 4.81. The maximum atomic E-state index is 11.2. The van der Waals surface area contributed by atoms with Gasteiger partial charge in [-0.1, -0.05) is 18.2 Å². The lowest BCUT2D eigenvalue weighted by atomic mass is 10.0. The SMILES string of the molecule is COc1cc(N(C)C2CCCN(Cc3ccccc3[N+](=O)[O-])C2)ncn1. The number of likely N-dealkylation sites (N-methyl/N-ethyl adjacent to an activating group) is 1. The second kappa shape index (κ2) is 8.09. The van der Waals surface area contributed by atoms with E-state index in [2.05, 4.69) is 19.8 Å². The molecule has 8 heteroatoms. The number of likely N-dealkylation sites (tertiary alicyclic amines) is 1. The maximum Gasteiger partial charge on any atom is 0.273 e. The summed E-state index contributed by atoms with van der Waals surface area (Å²) in [5, 5.41) is 11.2. The summed E-state index contributed by atoms with van der Waals surface area (Å²) in [4.78, 5) is 23.7. The molecular weight excluding hydrogens is 334 g/mol. The van der Waals surface area contributed by atoms with Crippen molar-refractivity contribution in [3.8, 4) is 5.88 Å². The molecule has 1 aliphatic heterocycles. The Hall–Kier alpha value is -2.74. The molecule has 8 nitrogen and oxygen atoms in total. The molecule has 1 aromatic carbocycles. The Morgan fingerprint density at radius 2 is 2.19 bits per heavy atom. The lowest BCUT2D eigenvalue weighted by Gasteiger charge is -2.38. The third kappa shape index (κ3) is 4.08. The molecule has 1 aliphatic rings. The Bertz CT molecular complexity index is 770. The molecule has 0 saturated carbocycles. The molecule has 0 spiro atoms. The van der Waals surface area contributed by atoms with E-state index in [0.717, 1.165) is 37.3 Å². The van der Waals surface area contributed by atoms with Gasteiger partial charge in [-0.15, -0.1) is 0 Å². The largest absolute Gasteiger partial charge is 0.481 e. The normalized spacial score (nSPS) is 17.7. The minimum atomic E-state index is -0.309. The van der Waals surface area contributed by atoms with Gasteiger partial charge in [-0.3, -0.25) is 15.0 Å². The summed E-state index contributed by atoms with van der Waals surface area (Å²) in [5.74, 6) is 1.35. The van der Waals surface area contributed by atoms with Crippen LogP contribution in [-0.2, 0) is 6.54 Å². The molecule has 1 saturated heterocycles. The van der Waals surface area contributed by atoms with E-state index in [1.54, 1.807) is 19.2 Å². The molecule has 1 atom stereocenters. The van der Waals surface area contributed by atoms with Gasteiger partial charge in [0.05, 0.1) is 12.0 Å². The number of anilines is 1. The fraction of sp³-hybridized carbons (Fsp3) is 0.444. The zero-order valence-corrected chi connectivity index (χ0v) is 15.0. The highest BCUT2D eigenvalue weighted by Gasteiger charge is 2.26. The van der Waals surface area contributed by atoms with E-state index < -0.39 is 0 Å². The number of aromatic nitrogens is 2. The molecule has 0 N–H and O–H groups in total. The highest BCUT2D eigenvalue weighted by molar-refractivity contribution is 5.42. The van der Waals surface area contributed by atoms with Gasteiger partial charge in [0.2, 0.25) is 5.88 Å². The van der Waals surface area contributed by atoms with E-state index in [4.69, 9.17) is 4.74 Å². The van der Waals surface area contributed by atoms with Crippen LogP contribution in [0.1, 0.15) is 18.4 Å². The molecule has 1 fully saturated rings. The summed E-state index contributed by atoms with van der Waals surface area (Å²) in [6, 6.07) is 9.06. The van der Waals surface area contributed by atoms with Crippen molar-refractivity contribution in [2.24, 2.45) is 0 Å². The summed E-state index contributed by atoms with van der Waals surface area (Å²) in [7, 11) is 3.60. The standard InChI is InChI=1S/C18H23N5O3/c1-21(17-10-18(26-2)20-13-19-17)15-7-5-9-22(12-15)11-14-6-3-4-8-16(14)23(24)25/h3-4,6,8,10,13,15H,5,7,9,11-12H2,1-2H3. The highest BCUT2D eigenvalue weighted by Crippen LogP contribution is 2.25. The number of ether oxygens (including phenoxy) is 1. The van der Waals surface area contributed by atoms with E-state index in [1.165, 1.54) is 6.33 Å². The van der Waals surface area contributed by atoms with Gasteiger partial charge in [-0.2, -0.15) is 0 Å². The van der Waals surface area contributed by atoms with E-state index in [0.29, 0.717) is 12.4 Å². The molecule has 2 heterocycles. The van der Waals surface area contributed by atoms with Crippen molar-refractivity contribution in [2.45, 2.75) is 25.4 Å². The van der Waals surface area contributed by atoms with Crippen LogP contribution in [0.3, 0.4) is 0 Å². The average Bonchev–Trinajstić information content (AvgIpc) is 2.68. The zero-order chi connectivity index (χ0) is 18.5. The number of rotatable bonds is 6. The van der Waals surface area contributed by atoms with Crippen molar-refractivity contribution >= 4 is 11.5 Å². The molecule has 138 valence electrons. The lowest BCUT2D eigenvalue weighted by molar-refractivity contribution is -0.385. The van der Waals surface area contributed by atoms with Crippen LogP contribution in [0.25, 0.3) is 0 Å². The number of para-hydroxylation sites is 1. The van der Waals surface area contributed by atoms with E-state index in [9.17, 15) is 10.1 Å². The minimum Gasteiger partial charge on any atom is -0.481 e. The molecule has 26 heavy (non-hydrogen) atoms. The highest BCUT2D eigenvalue weighted by atomic mass is 16.6. The Kier molecular flexibility index (Phi) is 5.62. The number of methoxy groups -OCH3 is 1. The Morgan fingerprint density at radius 1 is 1.38 bits per heavy atom. The topological polar surface area (TPSA) is 84.6 Å². The van der Waals surface area contributed by atoms with Crippen molar-refractivity contribution < 1.29 is 9.66 Å². The zero-order valence-electron chi connectivity index (χ0n) is 15.0. The average molecular weight is 357 g/mol. The third-order valence-corrected chi connectivity index (χ3v) is 4.81. The molecule has 0 aliphatic carbocycles. The molecule has 0 bridgehead atoms. The Labute approximate surface area is 152 Å². The van der Waals surface area contributed by atoms with Crippen LogP contribution in [0, 0.1) is 10.1 Å². The van der Waals surface area contributed by atoms with E-state index in [-0.39, 0.29) is 16.7 Å².